The Morgan fingerprint density at radius 3 is 2.19 bits per heavy atom. The molecule has 0 aliphatic rings. The fraction of sp³-hybridized carbons (Fsp3) is 0.143. The molecule has 0 radical (unpaired) electrons. The number of hydrogen-bond acceptors (Lipinski definition) is 4. The number of aryl methyl sites for hydroxylation is 1. The Kier molecular flexibility index (Phi) is 4.66. The predicted octanol–water partition coefficient (Wildman–Crippen LogP) is 4.08. The quantitative estimate of drug-likeness (QED) is 0.782. The number of ether oxygens (including phenoxy) is 1. The summed E-state index contributed by atoms with van der Waals surface area (Å²) in [4.78, 5) is -0.00298. The predicted molar refractivity (Wildman–Crippen MR) is 82.0 cm³/mol. The molecule has 0 aliphatic heterocycles. The largest absolute Gasteiger partial charge is 0.496 e. The molecule has 0 spiro atoms. The number of para-hydroxylation sites is 1. The smallest absolute Gasteiger partial charge is 0.339 e. The van der Waals surface area contributed by atoms with E-state index in [1.165, 1.54) is 31.4 Å². The number of benzene rings is 2. The van der Waals surface area contributed by atoms with Crippen LogP contribution in [0.1, 0.15) is 5.56 Å². The van der Waals surface area contributed by atoms with Crippen molar-refractivity contribution in [2.24, 2.45) is 0 Å². The van der Waals surface area contributed by atoms with Crippen LogP contribution in [0.2, 0.25) is 10.0 Å². The molecule has 0 aromatic heterocycles. The summed E-state index contributed by atoms with van der Waals surface area (Å²) in [7, 11) is -2.52. The van der Waals surface area contributed by atoms with Gasteiger partial charge in [0.2, 0.25) is 0 Å². The van der Waals surface area contributed by atoms with Crippen LogP contribution in [0, 0.1) is 6.92 Å². The Bertz CT molecular complexity index is 752. The maximum absolute atomic E-state index is 12.3. The summed E-state index contributed by atoms with van der Waals surface area (Å²) in [5.74, 6) is 0.499. The molecule has 0 heterocycles. The van der Waals surface area contributed by atoms with Crippen molar-refractivity contribution in [3.8, 4) is 11.5 Å². The number of halogens is 2. The van der Waals surface area contributed by atoms with Crippen molar-refractivity contribution in [2.45, 2.75) is 11.8 Å². The van der Waals surface area contributed by atoms with Crippen molar-refractivity contribution >= 4 is 33.3 Å². The van der Waals surface area contributed by atoms with Crippen LogP contribution < -0.4 is 8.92 Å². The van der Waals surface area contributed by atoms with Gasteiger partial charge in [-0.2, -0.15) is 8.42 Å². The van der Waals surface area contributed by atoms with Gasteiger partial charge in [0.05, 0.1) is 17.2 Å². The lowest BCUT2D eigenvalue weighted by Gasteiger charge is -2.11. The third-order valence-corrected chi connectivity index (χ3v) is 4.58. The number of hydrogen-bond donors (Lipinski definition) is 0. The van der Waals surface area contributed by atoms with Crippen molar-refractivity contribution in [1.82, 2.24) is 0 Å². The Balaban J connectivity index is 2.41. The molecule has 21 heavy (non-hydrogen) atoms. The van der Waals surface area contributed by atoms with Crippen molar-refractivity contribution < 1.29 is 17.3 Å². The van der Waals surface area contributed by atoms with Gasteiger partial charge >= 0.3 is 10.1 Å². The highest BCUT2D eigenvalue weighted by atomic mass is 35.5. The van der Waals surface area contributed by atoms with Crippen LogP contribution in [0.3, 0.4) is 0 Å². The van der Waals surface area contributed by atoms with E-state index in [2.05, 4.69) is 0 Å². The molecule has 0 bridgehead atoms. The van der Waals surface area contributed by atoms with E-state index < -0.39 is 10.1 Å². The van der Waals surface area contributed by atoms with Gasteiger partial charge in [-0.25, -0.2) is 0 Å². The first-order valence-corrected chi connectivity index (χ1v) is 8.04. The standard InChI is InChI=1S/C14H12Cl2O4S/c1-9-8-10(6-7-13(9)19-2)21(17,18)20-14-11(15)4-3-5-12(14)16/h3-8H,1-2H3. The summed E-state index contributed by atoms with van der Waals surface area (Å²) in [6.07, 6.45) is 0. The van der Waals surface area contributed by atoms with Gasteiger partial charge in [-0.05, 0) is 42.8 Å². The van der Waals surface area contributed by atoms with Gasteiger partial charge in [0.25, 0.3) is 0 Å². The molecular formula is C14H12Cl2O4S. The van der Waals surface area contributed by atoms with Gasteiger partial charge in [0, 0.05) is 0 Å². The summed E-state index contributed by atoms with van der Waals surface area (Å²) in [5.41, 5.74) is 0.674. The van der Waals surface area contributed by atoms with Crippen LogP contribution in [0.4, 0.5) is 0 Å². The third-order valence-electron chi connectivity index (χ3n) is 2.77. The molecule has 0 N–H and O–H groups in total. The molecule has 112 valence electrons. The molecule has 0 amide bonds. The first-order chi connectivity index (χ1) is 9.85. The summed E-state index contributed by atoms with van der Waals surface area (Å²) >= 11 is 11.8. The molecule has 2 aromatic rings. The summed E-state index contributed by atoms with van der Waals surface area (Å²) in [5, 5.41) is 0.243. The van der Waals surface area contributed by atoms with E-state index in [1.807, 2.05) is 0 Å². The Morgan fingerprint density at radius 1 is 1.05 bits per heavy atom. The number of rotatable bonds is 4. The SMILES string of the molecule is COc1ccc(S(=O)(=O)Oc2c(Cl)cccc2Cl)cc1C. The van der Waals surface area contributed by atoms with E-state index in [0.717, 1.165) is 0 Å². The van der Waals surface area contributed by atoms with Crippen LogP contribution in [0.15, 0.2) is 41.3 Å². The molecule has 0 saturated carbocycles. The third kappa shape index (κ3) is 3.43. The maximum Gasteiger partial charge on any atom is 0.339 e. The van der Waals surface area contributed by atoms with Crippen LogP contribution in [-0.2, 0) is 10.1 Å². The van der Waals surface area contributed by atoms with Gasteiger partial charge < -0.3 is 8.92 Å². The molecular weight excluding hydrogens is 335 g/mol. The zero-order chi connectivity index (χ0) is 15.6. The average Bonchev–Trinajstić information content (AvgIpc) is 2.43. The zero-order valence-corrected chi connectivity index (χ0v) is 13.6. The second-order valence-corrected chi connectivity index (χ2v) is 6.58. The highest BCUT2D eigenvalue weighted by molar-refractivity contribution is 7.87. The lowest BCUT2D eigenvalue weighted by molar-refractivity contribution is 0.411. The van der Waals surface area contributed by atoms with Crippen LogP contribution in [0.5, 0.6) is 11.5 Å². The highest BCUT2D eigenvalue weighted by Gasteiger charge is 2.21. The molecule has 2 rings (SSSR count). The molecule has 0 atom stereocenters. The van der Waals surface area contributed by atoms with E-state index in [-0.39, 0.29) is 20.7 Å². The average molecular weight is 347 g/mol. The highest BCUT2D eigenvalue weighted by Crippen LogP contribution is 2.35. The lowest BCUT2D eigenvalue weighted by atomic mass is 10.2. The van der Waals surface area contributed by atoms with Gasteiger partial charge in [-0.3, -0.25) is 0 Å². The van der Waals surface area contributed by atoms with Crippen molar-refractivity contribution in [1.29, 1.82) is 0 Å². The summed E-state index contributed by atoms with van der Waals surface area (Å²) in [6.45, 7) is 1.74. The Labute approximate surface area is 133 Å². The Hall–Kier alpha value is -1.43. The monoisotopic (exact) mass is 346 g/mol. The molecule has 0 aliphatic carbocycles. The van der Waals surface area contributed by atoms with Gasteiger partial charge in [-0.1, -0.05) is 29.3 Å². The number of methoxy groups -OCH3 is 1. The normalized spacial score (nSPS) is 11.2. The van der Waals surface area contributed by atoms with Gasteiger partial charge in [0.15, 0.2) is 5.75 Å². The molecule has 0 fully saturated rings. The molecule has 7 heteroatoms. The second-order valence-electron chi connectivity index (χ2n) is 4.22. The molecule has 2 aromatic carbocycles. The summed E-state index contributed by atoms with van der Waals surface area (Å²) in [6, 6.07) is 9.00. The second kappa shape index (κ2) is 6.13. The van der Waals surface area contributed by atoms with E-state index in [9.17, 15) is 8.42 Å². The molecule has 4 nitrogen and oxygen atoms in total. The summed E-state index contributed by atoms with van der Waals surface area (Å²) < 4.78 is 34.7. The van der Waals surface area contributed by atoms with Crippen molar-refractivity contribution in [2.75, 3.05) is 7.11 Å². The van der Waals surface area contributed by atoms with Gasteiger partial charge in [-0.15, -0.1) is 0 Å². The Morgan fingerprint density at radius 2 is 1.67 bits per heavy atom. The molecule has 0 saturated heterocycles. The van der Waals surface area contributed by atoms with E-state index >= 15 is 0 Å². The van der Waals surface area contributed by atoms with E-state index in [4.69, 9.17) is 32.1 Å². The van der Waals surface area contributed by atoms with E-state index in [1.54, 1.807) is 19.1 Å². The van der Waals surface area contributed by atoms with Crippen molar-refractivity contribution in [3.05, 3.63) is 52.0 Å². The lowest BCUT2D eigenvalue weighted by Crippen LogP contribution is -2.10. The fourth-order valence-electron chi connectivity index (χ4n) is 1.73. The van der Waals surface area contributed by atoms with Crippen LogP contribution in [0.25, 0.3) is 0 Å². The van der Waals surface area contributed by atoms with Gasteiger partial charge in [0.1, 0.15) is 10.6 Å². The van der Waals surface area contributed by atoms with Crippen LogP contribution in [-0.4, -0.2) is 15.5 Å². The minimum atomic E-state index is -4.03. The first-order valence-electron chi connectivity index (χ1n) is 5.88. The molecule has 0 unspecified atom stereocenters. The zero-order valence-electron chi connectivity index (χ0n) is 11.3. The van der Waals surface area contributed by atoms with Crippen molar-refractivity contribution in [3.63, 3.8) is 0 Å². The fourth-order valence-corrected chi connectivity index (χ4v) is 3.34. The maximum atomic E-state index is 12.3. The topological polar surface area (TPSA) is 52.6 Å². The van der Waals surface area contributed by atoms with Crippen LogP contribution >= 0.6 is 23.2 Å². The first kappa shape index (κ1) is 15.9. The van der Waals surface area contributed by atoms with E-state index in [0.29, 0.717) is 11.3 Å². The minimum absolute atomic E-state index is 0.00298. The minimum Gasteiger partial charge on any atom is -0.496 e.